The van der Waals surface area contributed by atoms with Gasteiger partial charge < -0.3 is 14.6 Å². The van der Waals surface area contributed by atoms with E-state index in [0.717, 1.165) is 33.2 Å². The van der Waals surface area contributed by atoms with Gasteiger partial charge in [-0.2, -0.15) is 0 Å². The smallest absolute Gasteiger partial charge is 0.137 e. The fourth-order valence-electron chi connectivity index (χ4n) is 3.62. The van der Waals surface area contributed by atoms with Crippen molar-refractivity contribution in [3.8, 4) is 5.75 Å². The van der Waals surface area contributed by atoms with E-state index in [1.807, 2.05) is 25.1 Å². The predicted molar refractivity (Wildman–Crippen MR) is 92.1 cm³/mol. The summed E-state index contributed by atoms with van der Waals surface area (Å²) in [6.07, 6.45) is 12.3. The lowest BCUT2D eigenvalue weighted by Gasteiger charge is -2.32. The second-order valence-corrected chi connectivity index (χ2v) is 6.16. The first kappa shape index (κ1) is 14.8. The summed E-state index contributed by atoms with van der Waals surface area (Å²) in [5.41, 5.74) is 2.93. The van der Waals surface area contributed by atoms with Crippen LogP contribution < -0.4 is 10.6 Å². The Kier molecular flexibility index (Phi) is 3.34. The molecule has 0 saturated heterocycles. The molecule has 3 aliphatic rings. The predicted octanol–water partition coefficient (Wildman–Crippen LogP) is 1.84. The highest BCUT2D eigenvalue weighted by atomic mass is 16.5. The van der Waals surface area contributed by atoms with Gasteiger partial charge in [0.25, 0.3) is 0 Å². The van der Waals surface area contributed by atoms with Crippen molar-refractivity contribution in [3.05, 3.63) is 70.3 Å². The molecule has 3 aliphatic carbocycles. The number of aryl methyl sites for hydroxylation is 1. The van der Waals surface area contributed by atoms with Crippen LogP contribution in [0.2, 0.25) is 0 Å². The van der Waals surface area contributed by atoms with Crippen molar-refractivity contribution >= 4 is 11.1 Å². The number of hydrogen-bond donors (Lipinski definition) is 1. The van der Waals surface area contributed by atoms with Gasteiger partial charge >= 0.3 is 0 Å². The Balaban J connectivity index is 2.07. The first-order valence-electron chi connectivity index (χ1n) is 7.95. The molecule has 0 aliphatic heterocycles. The molecule has 0 radical (unpaired) electrons. The number of rotatable bonds is 2. The molecular formula is C20H19NO3. The molecule has 0 fully saturated rings. The Morgan fingerprint density at radius 3 is 2.12 bits per heavy atom. The van der Waals surface area contributed by atoms with Gasteiger partial charge in [-0.25, -0.2) is 4.98 Å². The van der Waals surface area contributed by atoms with E-state index < -0.39 is 0 Å². The van der Waals surface area contributed by atoms with Gasteiger partial charge in [0, 0.05) is 17.1 Å². The lowest BCUT2D eigenvalue weighted by atomic mass is 9.73. The molecule has 0 aromatic carbocycles. The molecule has 0 amide bonds. The van der Waals surface area contributed by atoms with Gasteiger partial charge in [0.15, 0.2) is 0 Å². The summed E-state index contributed by atoms with van der Waals surface area (Å²) in [5.74, 6) is 2.19. The van der Waals surface area contributed by atoms with Crippen LogP contribution in [0, 0.1) is 18.8 Å². The van der Waals surface area contributed by atoms with Crippen molar-refractivity contribution in [2.24, 2.45) is 11.8 Å². The van der Waals surface area contributed by atoms with Crippen molar-refractivity contribution < 1.29 is 14.6 Å². The van der Waals surface area contributed by atoms with Crippen LogP contribution in [0.25, 0.3) is 11.1 Å². The molecule has 0 saturated carbocycles. The maximum atomic E-state index is 10.1. The zero-order chi connectivity index (χ0) is 16.8. The van der Waals surface area contributed by atoms with Gasteiger partial charge in [0.2, 0.25) is 0 Å². The molecular weight excluding hydrogens is 302 g/mol. The molecule has 2 atom stereocenters. The number of nitrogens with zero attached hydrogens (tertiary/aromatic N) is 1. The number of aromatic hydroxyl groups is 1. The molecule has 0 bridgehead atoms. The lowest BCUT2D eigenvalue weighted by molar-refractivity contribution is 0.297. The Morgan fingerprint density at radius 1 is 0.917 bits per heavy atom. The van der Waals surface area contributed by atoms with E-state index in [-0.39, 0.29) is 17.6 Å². The highest BCUT2D eigenvalue weighted by Crippen LogP contribution is 2.39. The molecule has 1 aromatic heterocycles. The Morgan fingerprint density at radius 2 is 1.50 bits per heavy atom. The third kappa shape index (κ3) is 2.10. The van der Waals surface area contributed by atoms with E-state index >= 15 is 0 Å². The van der Waals surface area contributed by atoms with Crippen LogP contribution in [0.4, 0.5) is 0 Å². The average molecular weight is 321 g/mol. The fourth-order valence-corrected chi connectivity index (χ4v) is 3.62. The number of fused-ring (bicyclic) bond motifs is 4. The van der Waals surface area contributed by atoms with Gasteiger partial charge in [-0.1, -0.05) is 12.2 Å². The summed E-state index contributed by atoms with van der Waals surface area (Å²) in [4.78, 5) is 4.66. The van der Waals surface area contributed by atoms with E-state index in [0.29, 0.717) is 5.69 Å². The van der Waals surface area contributed by atoms with Crippen LogP contribution in [-0.2, 0) is 9.47 Å². The normalized spacial score (nSPS) is 23.8. The summed E-state index contributed by atoms with van der Waals surface area (Å²) in [7, 11) is 3.36. The van der Waals surface area contributed by atoms with Crippen LogP contribution in [0.15, 0.2) is 54.0 Å². The molecule has 4 nitrogen and oxygen atoms in total. The monoisotopic (exact) mass is 321 g/mol. The van der Waals surface area contributed by atoms with Crippen LogP contribution in [0.1, 0.15) is 5.69 Å². The second kappa shape index (κ2) is 5.41. The Hall–Kier alpha value is -2.75. The summed E-state index contributed by atoms with van der Waals surface area (Å²) in [6.45, 7) is 1.82. The number of methoxy groups -OCH3 is 2. The molecule has 0 spiro atoms. The van der Waals surface area contributed by atoms with Crippen molar-refractivity contribution in [1.82, 2.24) is 4.98 Å². The molecule has 4 rings (SSSR count). The van der Waals surface area contributed by atoms with Gasteiger partial charge in [0.1, 0.15) is 17.3 Å². The number of pyridine rings is 1. The minimum Gasteiger partial charge on any atom is -0.506 e. The number of aromatic nitrogens is 1. The second-order valence-electron chi connectivity index (χ2n) is 6.16. The number of ether oxygens (including phenoxy) is 2. The van der Waals surface area contributed by atoms with E-state index in [1.165, 1.54) is 0 Å². The minimum atomic E-state index is 0.131. The zero-order valence-electron chi connectivity index (χ0n) is 13.9. The van der Waals surface area contributed by atoms with Crippen molar-refractivity contribution in [2.45, 2.75) is 6.92 Å². The quantitative estimate of drug-likeness (QED) is 0.903. The first-order valence-corrected chi connectivity index (χ1v) is 7.95. The number of hydrogen-bond acceptors (Lipinski definition) is 4. The van der Waals surface area contributed by atoms with Gasteiger partial charge in [0.05, 0.1) is 25.3 Å². The molecule has 24 heavy (non-hydrogen) atoms. The summed E-state index contributed by atoms with van der Waals surface area (Å²) >= 11 is 0. The molecule has 122 valence electrons. The lowest BCUT2D eigenvalue weighted by Crippen LogP contribution is -2.42. The van der Waals surface area contributed by atoms with Crippen molar-refractivity contribution in [2.75, 3.05) is 14.2 Å². The van der Waals surface area contributed by atoms with E-state index in [9.17, 15) is 5.11 Å². The van der Waals surface area contributed by atoms with Crippen molar-refractivity contribution in [1.29, 1.82) is 0 Å². The minimum absolute atomic E-state index is 0.131. The largest absolute Gasteiger partial charge is 0.506 e. The molecule has 4 heteroatoms. The summed E-state index contributed by atoms with van der Waals surface area (Å²) in [6, 6.07) is 1.82. The molecule has 2 unspecified atom stereocenters. The van der Waals surface area contributed by atoms with Crippen LogP contribution in [0.5, 0.6) is 5.75 Å². The van der Waals surface area contributed by atoms with Gasteiger partial charge in [-0.15, -0.1) is 0 Å². The van der Waals surface area contributed by atoms with E-state index in [1.54, 1.807) is 14.2 Å². The van der Waals surface area contributed by atoms with Crippen LogP contribution >= 0.6 is 0 Å². The van der Waals surface area contributed by atoms with Crippen LogP contribution in [-0.4, -0.2) is 24.3 Å². The SMILES string of the molecule is COC1=CC2C(=c3cc(O)c(C)nc3=C3C=CC(OC)=CC32)C=C1. The zero-order valence-corrected chi connectivity index (χ0v) is 13.9. The maximum Gasteiger partial charge on any atom is 0.137 e. The standard InChI is InChI=1S/C20H19NO3/c1-11-19(22)10-18-14-6-4-12(23-2)8-16(14)17-9-13(24-3)5-7-15(17)20(18)21-11/h4-10,16-17,22H,1-3H3. The molecule has 1 N–H and O–H groups in total. The highest BCUT2D eigenvalue weighted by molar-refractivity contribution is 5.76. The first-order chi connectivity index (χ1) is 11.6. The van der Waals surface area contributed by atoms with Gasteiger partial charge in [-0.05, 0) is 48.4 Å². The molecule has 1 heterocycles. The van der Waals surface area contributed by atoms with E-state index in [4.69, 9.17) is 9.47 Å². The third-order valence-electron chi connectivity index (χ3n) is 4.89. The van der Waals surface area contributed by atoms with Crippen LogP contribution in [0.3, 0.4) is 0 Å². The summed E-state index contributed by atoms with van der Waals surface area (Å²) < 4.78 is 10.8. The van der Waals surface area contributed by atoms with Gasteiger partial charge in [-0.3, -0.25) is 0 Å². The topological polar surface area (TPSA) is 51.6 Å². The van der Waals surface area contributed by atoms with E-state index in [2.05, 4.69) is 29.3 Å². The average Bonchev–Trinajstić information content (AvgIpc) is 2.62. The maximum absolute atomic E-state index is 10.1. The Bertz CT molecular complexity index is 884. The van der Waals surface area contributed by atoms with Crippen molar-refractivity contribution in [3.63, 3.8) is 0 Å². The summed E-state index contributed by atoms with van der Waals surface area (Å²) in [5, 5.41) is 12.1. The molecule has 1 aromatic rings. The Labute approximate surface area is 140 Å². The fraction of sp³-hybridized carbons (Fsp3) is 0.250. The highest BCUT2D eigenvalue weighted by Gasteiger charge is 2.32. The number of allylic oxidation sites excluding steroid dienone is 6. The third-order valence-corrected chi connectivity index (χ3v) is 4.89.